The van der Waals surface area contributed by atoms with Crippen LogP contribution in [0.4, 0.5) is 13.9 Å². The number of hydrogen-bond donors (Lipinski definition) is 0. The summed E-state index contributed by atoms with van der Waals surface area (Å²) in [5.74, 6) is -1.79. The Morgan fingerprint density at radius 2 is 1.80 bits per heavy atom. The molecule has 1 aromatic heterocycles. The monoisotopic (exact) mass is 440 g/mol. The van der Waals surface area contributed by atoms with E-state index in [9.17, 15) is 13.6 Å². The molecule has 0 aliphatic heterocycles. The molecule has 0 bridgehead atoms. The average molecular weight is 441 g/mol. The van der Waals surface area contributed by atoms with Gasteiger partial charge in [0.25, 0.3) is 5.91 Å². The fourth-order valence-electron chi connectivity index (χ4n) is 2.93. The zero-order valence-electron chi connectivity index (χ0n) is 15.6. The predicted octanol–water partition coefficient (Wildman–Crippen LogP) is 6.47. The Morgan fingerprint density at radius 3 is 2.57 bits per heavy atom. The van der Waals surface area contributed by atoms with Crippen LogP contribution in [0.3, 0.4) is 0 Å². The highest BCUT2D eigenvalue weighted by Crippen LogP contribution is 2.32. The Bertz CT molecular complexity index is 1240. The molecular formula is C23H15ClF2N2OS. The number of anilines is 1. The Morgan fingerprint density at radius 1 is 1.07 bits per heavy atom. The average Bonchev–Trinajstić information content (AvgIpc) is 3.16. The second-order valence-corrected chi connectivity index (χ2v) is 7.91. The van der Waals surface area contributed by atoms with Gasteiger partial charge in [0.1, 0.15) is 11.3 Å². The molecule has 150 valence electrons. The van der Waals surface area contributed by atoms with Crippen LogP contribution in [0.1, 0.15) is 11.1 Å². The van der Waals surface area contributed by atoms with Crippen molar-refractivity contribution in [2.45, 2.75) is 6.54 Å². The Kier molecular flexibility index (Phi) is 5.88. The molecule has 4 rings (SSSR count). The normalized spacial score (nSPS) is 11.3. The van der Waals surface area contributed by atoms with E-state index in [0.29, 0.717) is 15.3 Å². The van der Waals surface area contributed by atoms with Crippen LogP contribution in [-0.4, -0.2) is 10.9 Å². The summed E-state index contributed by atoms with van der Waals surface area (Å²) in [5, 5.41) is 0.806. The van der Waals surface area contributed by atoms with Gasteiger partial charge in [-0.25, -0.2) is 13.8 Å². The minimum atomic E-state index is -0.758. The molecule has 0 N–H and O–H groups in total. The summed E-state index contributed by atoms with van der Waals surface area (Å²) in [6.45, 7) is 0.233. The van der Waals surface area contributed by atoms with E-state index in [-0.39, 0.29) is 23.1 Å². The van der Waals surface area contributed by atoms with Crippen molar-refractivity contribution in [1.82, 2.24) is 4.98 Å². The quantitative estimate of drug-likeness (QED) is 0.333. The van der Waals surface area contributed by atoms with Gasteiger partial charge in [-0.2, -0.15) is 0 Å². The Labute approximate surface area is 180 Å². The van der Waals surface area contributed by atoms with Crippen LogP contribution in [0.5, 0.6) is 0 Å². The first-order valence-electron chi connectivity index (χ1n) is 9.05. The van der Waals surface area contributed by atoms with Gasteiger partial charge in [0.15, 0.2) is 10.9 Å². The van der Waals surface area contributed by atoms with Gasteiger partial charge in [-0.3, -0.25) is 9.69 Å². The number of benzene rings is 3. The standard InChI is InChI=1S/C23H15ClF2N2OS/c24-18-9-5-4-8-16(18)10-11-21(29)28(14-15-6-2-1-3-7-15)23-27-22-19(26)12-17(25)13-20(22)30-23/h1-13H,14H2/b11-10+. The topological polar surface area (TPSA) is 33.2 Å². The SMILES string of the molecule is O=C(/C=C/c1ccccc1Cl)N(Cc1ccccc1)c1nc2c(F)cc(F)cc2s1. The number of fused-ring (bicyclic) bond motifs is 1. The zero-order chi connectivity index (χ0) is 21.1. The molecule has 0 aliphatic rings. The van der Waals surface area contributed by atoms with Crippen LogP contribution in [0.15, 0.2) is 72.8 Å². The lowest BCUT2D eigenvalue weighted by Gasteiger charge is -2.18. The van der Waals surface area contributed by atoms with Gasteiger partial charge in [0.2, 0.25) is 0 Å². The van der Waals surface area contributed by atoms with Crippen LogP contribution in [0.2, 0.25) is 5.02 Å². The van der Waals surface area contributed by atoms with Crippen LogP contribution < -0.4 is 4.90 Å². The smallest absolute Gasteiger partial charge is 0.253 e. The van der Waals surface area contributed by atoms with Gasteiger partial charge in [-0.15, -0.1) is 0 Å². The maximum atomic E-state index is 14.1. The number of aromatic nitrogens is 1. The lowest BCUT2D eigenvalue weighted by molar-refractivity contribution is -0.114. The van der Waals surface area contributed by atoms with Crippen LogP contribution in [0.25, 0.3) is 16.3 Å². The highest BCUT2D eigenvalue weighted by Gasteiger charge is 2.20. The fourth-order valence-corrected chi connectivity index (χ4v) is 4.14. The number of hydrogen-bond acceptors (Lipinski definition) is 3. The number of carbonyl (C=O) groups is 1. The van der Waals surface area contributed by atoms with Gasteiger partial charge in [-0.1, -0.05) is 71.5 Å². The summed E-state index contributed by atoms with van der Waals surface area (Å²) >= 11 is 7.22. The fraction of sp³-hybridized carbons (Fsp3) is 0.0435. The van der Waals surface area contributed by atoms with Crippen molar-refractivity contribution in [2.75, 3.05) is 4.90 Å². The van der Waals surface area contributed by atoms with Crippen molar-refractivity contribution >= 4 is 50.3 Å². The molecule has 7 heteroatoms. The minimum Gasteiger partial charge on any atom is -0.280 e. The van der Waals surface area contributed by atoms with Crippen molar-refractivity contribution in [3.8, 4) is 0 Å². The molecule has 0 aliphatic carbocycles. The third-order valence-electron chi connectivity index (χ3n) is 4.39. The molecule has 30 heavy (non-hydrogen) atoms. The van der Waals surface area contributed by atoms with Gasteiger partial charge in [0.05, 0.1) is 11.2 Å². The molecule has 0 unspecified atom stereocenters. The third kappa shape index (κ3) is 4.40. The molecule has 0 atom stereocenters. The zero-order valence-corrected chi connectivity index (χ0v) is 17.1. The summed E-state index contributed by atoms with van der Waals surface area (Å²) in [4.78, 5) is 18.8. The molecule has 1 amide bonds. The van der Waals surface area contributed by atoms with E-state index in [1.165, 1.54) is 17.0 Å². The van der Waals surface area contributed by atoms with Crippen molar-refractivity contribution in [3.63, 3.8) is 0 Å². The van der Waals surface area contributed by atoms with Crippen molar-refractivity contribution < 1.29 is 13.6 Å². The van der Waals surface area contributed by atoms with E-state index in [2.05, 4.69) is 4.98 Å². The second-order valence-electron chi connectivity index (χ2n) is 6.50. The molecular weight excluding hydrogens is 426 g/mol. The van der Waals surface area contributed by atoms with E-state index in [4.69, 9.17) is 11.6 Å². The number of carbonyl (C=O) groups excluding carboxylic acids is 1. The molecule has 0 fully saturated rings. The van der Waals surface area contributed by atoms with Crippen LogP contribution in [-0.2, 0) is 11.3 Å². The number of nitrogens with zero attached hydrogens (tertiary/aromatic N) is 2. The summed E-state index contributed by atoms with van der Waals surface area (Å²) in [7, 11) is 0. The Balaban J connectivity index is 1.72. The van der Waals surface area contributed by atoms with Gasteiger partial charge < -0.3 is 0 Å². The molecule has 0 spiro atoms. The predicted molar refractivity (Wildman–Crippen MR) is 118 cm³/mol. The van der Waals surface area contributed by atoms with Crippen LogP contribution in [0, 0.1) is 11.6 Å². The second kappa shape index (κ2) is 8.73. The van der Waals surface area contributed by atoms with Gasteiger partial charge >= 0.3 is 0 Å². The first-order valence-corrected chi connectivity index (χ1v) is 10.2. The largest absolute Gasteiger partial charge is 0.280 e. The summed E-state index contributed by atoms with van der Waals surface area (Å²) in [5.41, 5.74) is 1.62. The molecule has 3 nitrogen and oxygen atoms in total. The number of thiazole rings is 1. The van der Waals surface area contributed by atoms with E-state index in [0.717, 1.165) is 23.0 Å². The molecule has 0 radical (unpaired) electrons. The van der Waals surface area contributed by atoms with E-state index in [1.54, 1.807) is 24.3 Å². The molecule has 3 aromatic carbocycles. The molecule has 0 saturated heterocycles. The maximum absolute atomic E-state index is 14.1. The number of amides is 1. The van der Waals surface area contributed by atoms with E-state index in [1.807, 2.05) is 36.4 Å². The summed E-state index contributed by atoms with van der Waals surface area (Å²) in [6.07, 6.45) is 3.02. The molecule has 1 heterocycles. The van der Waals surface area contributed by atoms with Crippen molar-refractivity contribution in [2.24, 2.45) is 0 Å². The van der Waals surface area contributed by atoms with Crippen LogP contribution >= 0.6 is 22.9 Å². The first-order chi connectivity index (χ1) is 14.5. The van der Waals surface area contributed by atoms with E-state index < -0.39 is 11.6 Å². The molecule has 0 saturated carbocycles. The lowest BCUT2D eigenvalue weighted by atomic mass is 10.2. The van der Waals surface area contributed by atoms with Gasteiger partial charge in [-0.05, 0) is 29.3 Å². The summed E-state index contributed by atoms with van der Waals surface area (Å²) < 4.78 is 28.1. The third-order valence-corrected chi connectivity index (χ3v) is 5.76. The lowest BCUT2D eigenvalue weighted by Crippen LogP contribution is -2.28. The number of halogens is 3. The summed E-state index contributed by atoms with van der Waals surface area (Å²) in [6, 6.07) is 18.5. The van der Waals surface area contributed by atoms with Crippen molar-refractivity contribution in [1.29, 1.82) is 0 Å². The first kappa shape index (κ1) is 20.2. The minimum absolute atomic E-state index is 0.0392. The number of rotatable bonds is 5. The highest BCUT2D eigenvalue weighted by molar-refractivity contribution is 7.22. The van der Waals surface area contributed by atoms with E-state index >= 15 is 0 Å². The van der Waals surface area contributed by atoms with Crippen molar-refractivity contribution in [3.05, 3.63) is 101 Å². The maximum Gasteiger partial charge on any atom is 0.253 e. The molecule has 4 aromatic rings. The van der Waals surface area contributed by atoms with Gasteiger partial charge in [0, 0.05) is 17.2 Å². The Hall–Kier alpha value is -3.09. The highest BCUT2D eigenvalue weighted by atomic mass is 35.5.